The highest BCUT2D eigenvalue weighted by Crippen LogP contribution is 2.35. The van der Waals surface area contributed by atoms with E-state index in [1.165, 1.54) is 10.4 Å². The molecule has 140 valence electrons. The normalized spacial score (nSPS) is 20.8. The van der Waals surface area contributed by atoms with Crippen LogP contribution in [-0.2, 0) is 24.1 Å². The highest BCUT2D eigenvalue weighted by atomic mass is 32.1. The Morgan fingerprint density at radius 1 is 1.35 bits per heavy atom. The molecule has 6 nitrogen and oxygen atoms in total. The average molecular weight is 375 g/mol. The third-order valence-corrected chi connectivity index (χ3v) is 6.63. The van der Waals surface area contributed by atoms with E-state index < -0.39 is 0 Å². The lowest BCUT2D eigenvalue weighted by Crippen LogP contribution is -2.34. The van der Waals surface area contributed by atoms with Gasteiger partial charge in [0.25, 0.3) is 5.56 Å². The summed E-state index contributed by atoms with van der Waals surface area (Å²) in [6.45, 7) is 5.66. The topological polar surface area (TPSA) is 78.1 Å². The van der Waals surface area contributed by atoms with Crippen molar-refractivity contribution in [1.29, 1.82) is 0 Å². The van der Waals surface area contributed by atoms with Crippen molar-refractivity contribution in [3.8, 4) is 0 Å². The molecule has 0 bridgehead atoms. The summed E-state index contributed by atoms with van der Waals surface area (Å²) in [5.74, 6) is 1.46. The van der Waals surface area contributed by atoms with Crippen LogP contribution in [0.25, 0.3) is 10.2 Å². The predicted molar refractivity (Wildman–Crippen MR) is 104 cm³/mol. The molecule has 1 aliphatic heterocycles. The Bertz CT molecular complexity index is 864. The standard InChI is InChI=1S/C19H26N4O2S/c1-12-3-4-13-14(11-12)26-19-17(13)18(25)21-15(22-19)5-6-16(24)23-9-2-7-20-8-10-23/h12,20H,2-11H2,1H3,(H,21,22,25). The molecule has 0 spiro atoms. The summed E-state index contributed by atoms with van der Waals surface area (Å²) >= 11 is 1.66. The molecular formula is C19H26N4O2S. The SMILES string of the molecule is CC1CCc2c(sc3nc(CCC(=O)N4CCCNCC4)[nH]c(=O)c23)C1. The van der Waals surface area contributed by atoms with E-state index in [9.17, 15) is 9.59 Å². The van der Waals surface area contributed by atoms with Crippen LogP contribution in [0.5, 0.6) is 0 Å². The molecule has 3 heterocycles. The van der Waals surface area contributed by atoms with Gasteiger partial charge < -0.3 is 15.2 Å². The van der Waals surface area contributed by atoms with Crippen LogP contribution < -0.4 is 10.9 Å². The van der Waals surface area contributed by atoms with Crippen LogP contribution in [0.4, 0.5) is 0 Å². The van der Waals surface area contributed by atoms with E-state index in [1.807, 2.05) is 4.90 Å². The van der Waals surface area contributed by atoms with Gasteiger partial charge in [-0.25, -0.2) is 4.98 Å². The van der Waals surface area contributed by atoms with Crippen molar-refractivity contribution in [3.05, 3.63) is 26.6 Å². The summed E-state index contributed by atoms with van der Waals surface area (Å²) in [4.78, 5) is 36.8. The molecule has 0 radical (unpaired) electrons. The Hall–Kier alpha value is -1.73. The summed E-state index contributed by atoms with van der Waals surface area (Å²) < 4.78 is 0. The van der Waals surface area contributed by atoms with Crippen LogP contribution in [0.1, 0.15) is 42.5 Å². The van der Waals surface area contributed by atoms with Crippen LogP contribution >= 0.6 is 11.3 Å². The maximum atomic E-state index is 12.6. The number of aryl methyl sites for hydroxylation is 2. The van der Waals surface area contributed by atoms with E-state index in [2.05, 4.69) is 22.2 Å². The van der Waals surface area contributed by atoms with Crippen molar-refractivity contribution in [3.63, 3.8) is 0 Å². The largest absolute Gasteiger partial charge is 0.341 e. The van der Waals surface area contributed by atoms with E-state index in [1.54, 1.807) is 11.3 Å². The third kappa shape index (κ3) is 3.55. The summed E-state index contributed by atoms with van der Waals surface area (Å²) in [6, 6.07) is 0. The molecule has 0 aromatic carbocycles. The van der Waals surface area contributed by atoms with Gasteiger partial charge in [0, 0.05) is 37.4 Å². The van der Waals surface area contributed by atoms with Gasteiger partial charge in [-0.1, -0.05) is 6.92 Å². The van der Waals surface area contributed by atoms with Crippen molar-refractivity contribution in [1.82, 2.24) is 20.2 Å². The Balaban J connectivity index is 1.50. The molecule has 26 heavy (non-hydrogen) atoms. The van der Waals surface area contributed by atoms with Crippen LogP contribution in [0, 0.1) is 5.92 Å². The molecule has 2 aromatic heterocycles. The smallest absolute Gasteiger partial charge is 0.259 e. The molecule has 1 saturated heterocycles. The number of fused-ring (bicyclic) bond motifs is 3. The van der Waals surface area contributed by atoms with Gasteiger partial charge in [-0.15, -0.1) is 11.3 Å². The molecule has 1 aliphatic carbocycles. The van der Waals surface area contributed by atoms with Crippen molar-refractivity contribution in [2.24, 2.45) is 5.92 Å². The van der Waals surface area contributed by atoms with Gasteiger partial charge in [-0.3, -0.25) is 9.59 Å². The number of rotatable bonds is 3. The first-order valence-corrected chi connectivity index (χ1v) is 10.5. The molecule has 1 fully saturated rings. The second kappa shape index (κ2) is 7.48. The summed E-state index contributed by atoms with van der Waals surface area (Å²) in [5.41, 5.74) is 1.17. The van der Waals surface area contributed by atoms with Crippen molar-refractivity contribution < 1.29 is 4.79 Å². The minimum absolute atomic E-state index is 0.0384. The predicted octanol–water partition coefficient (Wildman–Crippen LogP) is 1.86. The highest BCUT2D eigenvalue weighted by Gasteiger charge is 2.23. The van der Waals surface area contributed by atoms with Gasteiger partial charge in [0.1, 0.15) is 10.7 Å². The van der Waals surface area contributed by atoms with Crippen LogP contribution in [0.3, 0.4) is 0 Å². The van der Waals surface area contributed by atoms with Gasteiger partial charge >= 0.3 is 0 Å². The Morgan fingerprint density at radius 2 is 2.23 bits per heavy atom. The number of carbonyl (C=O) groups excluding carboxylic acids is 1. The fourth-order valence-corrected chi connectivity index (χ4v) is 5.39. The second-order valence-electron chi connectivity index (χ2n) is 7.53. The van der Waals surface area contributed by atoms with Gasteiger partial charge in [-0.05, 0) is 43.7 Å². The molecule has 1 atom stereocenters. The summed E-state index contributed by atoms with van der Waals surface area (Å²) in [5, 5.41) is 4.09. The van der Waals surface area contributed by atoms with E-state index in [4.69, 9.17) is 0 Å². The quantitative estimate of drug-likeness (QED) is 0.860. The van der Waals surface area contributed by atoms with Crippen molar-refractivity contribution >= 4 is 27.5 Å². The van der Waals surface area contributed by atoms with Gasteiger partial charge in [-0.2, -0.15) is 0 Å². The number of thiophene rings is 1. The molecule has 7 heteroatoms. The Kier molecular flexibility index (Phi) is 5.09. The first kappa shape index (κ1) is 17.7. The molecule has 2 N–H and O–H groups in total. The maximum absolute atomic E-state index is 12.6. The first-order chi connectivity index (χ1) is 12.6. The van der Waals surface area contributed by atoms with E-state index in [0.717, 1.165) is 62.1 Å². The molecule has 1 unspecified atom stereocenters. The zero-order chi connectivity index (χ0) is 18.1. The average Bonchev–Trinajstić information content (AvgIpc) is 2.79. The van der Waals surface area contributed by atoms with Crippen molar-refractivity contribution in [2.75, 3.05) is 26.2 Å². The summed E-state index contributed by atoms with van der Waals surface area (Å²) in [7, 11) is 0. The molecular weight excluding hydrogens is 348 g/mol. The Morgan fingerprint density at radius 3 is 3.12 bits per heavy atom. The number of nitrogens with zero attached hydrogens (tertiary/aromatic N) is 2. The maximum Gasteiger partial charge on any atom is 0.259 e. The number of nitrogens with one attached hydrogen (secondary N) is 2. The fraction of sp³-hybridized carbons (Fsp3) is 0.632. The highest BCUT2D eigenvalue weighted by molar-refractivity contribution is 7.18. The van der Waals surface area contributed by atoms with E-state index in [-0.39, 0.29) is 11.5 Å². The number of aromatic amines is 1. The lowest BCUT2D eigenvalue weighted by atomic mass is 9.89. The van der Waals surface area contributed by atoms with Crippen LogP contribution in [-0.4, -0.2) is 47.0 Å². The lowest BCUT2D eigenvalue weighted by Gasteiger charge is -2.19. The molecule has 1 amide bonds. The van der Waals surface area contributed by atoms with Gasteiger partial charge in [0.05, 0.1) is 5.39 Å². The zero-order valence-electron chi connectivity index (χ0n) is 15.3. The molecule has 2 aromatic rings. The van der Waals surface area contributed by atoms with Gasteiger partial charge in [0.15, 0.2) is 0 Å². The number of carbonyl (C=O) groups is 1. The number of hydrogen-bond acceptors (Lipinski definition) is 5. The number of hydrogen-bond donors (Lipinski definition) is 2. The van der Waals surface area contributed by atoms with E-state index >= 15 is 0 Å². The van der Waals surface area contributed by atoms with E-state index in [0.29, 0.717) is 24.6 Å². The minimum Gasteiger partial charge on any atom is -0.341 e. The molecule has 0 saturated carbocycles. The number of H-pyrrole nitrogens is 1. The first-order valence-electron chi connectivity index (χ1n) is 9.63. The summed E-state index contributed by atoms with van der Waals surface area (Å²) in [6.07, 6.45) is 5.04. The third-order valence-electron chi connectivity index (χ3n) is 5.48. The zero-order valence-corrected chi connectivity index (χ0v) is 16.1. The molecule has 4 rings (SSSR count). The van der Waals surface area contributed by atoms with Crippen molar-refractivity contribution in [2.45, 2.75) is 45.4 Å². The minimum atomic E-state index is -0.0384. The monoisotopic (exact) mass is 374 g/mol. The lowest BCUT2D eigenvalue weighted by molar-refractivity contribution is -0.131. The van der Waals surface area contributed by atoms with Gasteiger partial charge in [0.2, 0.25) is 5.91 Å². The number of amides is 1. The fourth-order valence-electron chi connectivity index (χ4n) is 3.99. The second-order valence-corrected chi connectivity index (χ2v) is 8.61. The van der Waals surface area contributed by atoms with Crippen LogP contribution in [0.2, 0.25) is 0 Å². The Labute approximate surface area is 157 Å². The molecule has 2 aliphatic rings. The number of aromatic nitrogens is 2. The van der Waals surface area contributed by atoms with Crippen LogP contribution in [0.15, 0.2) is 4.79 Å².